The number of fused-ring (bicyclic) bond motifs is 1. The molecule has 0 amide bonds. The van der Waals surface area contributed by atoms with Crippen LogP contribution in [0.25, 0.3) is 11.1 Å². The Balaban J connectivity index is 1.33. The van der Waals surface area contributed by atoms with Gasteiger partial charge >= 0.3 is 0 Å². The van der Waals surface area contributed by atoms with E-state index in [-0.39, 0.29) is 0 Å². The van der Waals surface area contributed by atoms with Crippen molar-refractivity contribution >= 4 is 17.1 Å². The van der Waals surface area contributed by atoms with Crippen molar-refractivity contribution in [2.45, 2.75) is 12.8 Å². The minimum absolute atomic E-state index is 0.466. The van der Waals surface area contributed by atoms with E-state index in [0.717, 1.165) is 37.0 Å². The van der Waals surface area contributed by atoms with Gasteiger partial charge in [-0.25, -0.2) is 4.98 Å². The first-order chi connectivity index (χ1) is 12.3. The molecule has 2 aromatic heterocycles. The molecule has 0 aliphatic carbocycles. The Kier molecular flexibility index (Phi) is 4.21. The molecule has 1 aliphatic heterocycles. The summed E-state index contributed by atoms with van der Waals surface area (Å²) in [5.41, 5.74) is 2.29. The van der Waals surface area contributed by atoms with Crippen LogP contribution in [0, 0.1) is 17.2 Å². The highest BCUT2D eigenvalue weighted by molar-refractivity contribution is 5.74. The van der Waals surface area contributed by atoms with Gasteiger partial charge in [-0.1, -0.05) is 12.1 Å². The van der Waals surface area contributed by atoms with Crippen molar-refractivity contribution in [3.05, 3.63) is 48.2 Å². The Morgan fingerprint density at radius 3 is 2.88 bits per heavy atom. The summed E-state index contributed by atoms with van der Waals surface area (Å²) in [6, 6.07) is 14.0. The van der Waals surface area contributed by atoms with Gasteiger partial charge in [0, 0.05) is 25.4 Å². The molecule has 1 aromatic carbocycles. The molecular formula is C19H18N4O2. The number of aromatic nitrogens is 2. The lowest BCUT2D eigenvalue weighted by molar-refractivity contribution is 0.214. The SMILES string of the molecule is N#Cc1ccnc(OCC2CCN(c3nc4ccccc4o3)CC2)c1. The van der Waals surface area contributed by atoms with Crippen molar-refractivity contribution in [3.63, 3.8) is 0 Å². The van der Waals surface area contributed by atoms with Crippen molar-refractivity contribution in [3.8, 4) is 11.9 Å². The van der Waals surface area contributed by atoms with Gasteiger partial charge in [-0.3, -0.25) is 0 Å². The van der Waals surface area contributed by atoms with Gasteiger partial charge in [0.25, 0.3) is 6.01 Å². The quantitative estimate of drug-likeness (QED) is 0.728. The van der Waals surface area contributed by atoms with Crippen LogP contribution in [0.15, 0.2) is 47.0 Å². The van der Waals surface area contributed by atoms with Crippen molar-refractivity contribution in [1.82, 2.24) is 9.97 Å². The molecule has 1 saturated heterocycles. The number of piperidine rings is 1. The normalized spacial score (nSPS) is 15.2. The maximum absolute atomic E-state index is 8.92. The molecule has 0 bridgehead atoms. The highest BCUT2D eigenvalue weighted by Gasteiger charge is 2.23. The van der Waals surface area contributed by atoms with Crippen molar-refractivity contribution < 1.29 is 9.15 Å². The van der Waals surface area contributed by atoms with Crippen molar-refractivity contribution in [2.24, 2.45) is 5.92 Å². The number of oxazole rings is 1. The Hall–Kier alpha value is -3.07. The van der Waals surface area contributed by atoms with Gasteiger partial charge in [0.05, 0.1) is 18.2 Å². The summed E-state index contributed by atoms with van der Waals surface area (Å²) in [5.74, 6) is 0.980. The third-order valence-corrected chi connectivity index (χ3v) is 4.50. The number of nitriles is 1. The van der Waals surface area contributed by atoms with Crippen LogP contribution in [-0.4, -0.2) is 29.7 Å². The number of para-hydroxylation sites is 2. The molecule has 6 nitrogen and oxygen atoms in total. The third kappa shape index (κ3) is 3.41. The number of anilines is 1. The molecule has 0 N–H and O–H groups in total. The van der Waals surface area contributed by atoms with Crippen LogP contribution in [0.4, 0.5) is 6.01 Å². The van der Waals surface area contributed by atoms with Gasteiger partial charge in [0.2, 0.25) is 5.88 Å². The zero-order valence-corrected chi connectivity index (χ0v) is 13.8. The van der Waals surface area contributed by atoms with Crippen LogP contribution in [0.2, 0.25) is 0 Å². The second kappa shape index (κ2) is 6.81. The predicted molar refractivity (Wildman–Crippen MR) is 93.4 cm³/mol. The van der Waals surface area contributed by atoms with E-state index in [1.54, 1.807) is 18.3 Å². The highest BCUT2D eigenvalue weighted by atomic mass is 16.5. The van der Waals surface area contributed by atoms with Crippen molar-refractivity contribution in [1.29, 1.82) is 5.26 Å². The van der Waals surface area contributed by atoms with E-state index in [2.05, 4.69) is 20.9 Å². The van der Waals surface area contributed by atoms with Crippen LogP contribution in [0.1, 0.15) is 18.4 Å². The lowest BCUT2D eigenvalue weighted by Gasteiger charge is -2.30. The molecule has 3 aromatic rings. The molecule has 126 valence electrons. The topological polar surface area (TPSA) is 75.2 Å². The maximum atomic E-state index is 8.92. The number of hydrogen-bond donors (Lipinski definition) is 0. The van der Waals surface area contributed by atoms with Crippen LogP contribution < -0.4 is 9.64 Å². The van der Waals surface area contributed by atoms with Gasteiger partial charge < -0.3 is 14.1 Å². The maximum Gasteiger partial charge on any atom is 0.298 e. The number of rotatable bonds is 4. The van der Waals surface area contributed by atoms with Crippen LogP contribution in [0.5, 0.6) is 5.88 Å². The molecule has 0 radical (unpaired) electrons. The summed E-state index contributed by atoms with van der Waals surface area (Å²) in [4.78, 5) is 10.9. The monoisotopic (exact) mass is 334 g/mol. The van der Waals surface area contributed by atoms with E-state index in [0.29, 0.717) is 30.0 Å². The Bertz CT molecular complexity index is 874. The van der Waals surface area contributed by atoms with Gasteiger partial charge in [-0.2, -0.15) is 10.2 Å². The standard InChI is InChI=1S/C19H18N4O2/c20-12-15-5-8-21-18(11-15)24-13-14-6-9-23(10-7-14)19-22-16-3-1-2-4-17(16)25-19/h1-5,8,11,14H,6-7,9-10,13H2. The number of hydrogen-bond acceptors (Lipinski definition) is 6. The van der Waals surface area contributed by atoms with E-state index >= 15 is 0 Å². The minimum atomic E-state index is 0.466. The average Bonchev–Trinajstić information content (AvgIpc) is 3.11. The summed E-state index contributed by atoms with van der Waals surface area (Å²) >= 11 is 0. The predicted octanol–water partition coefficient (Wildman–Crippen LogP) is 3.39. The zero-order valence-electron chi connectivity index (χ0n) is 13.8. The molecule has 0 unspecified atom stereocenters. The number of nitrogens with zero attached hydrogens (tertiary/aromatic N) is 4. The summed E-state index contributed by atoms with van der Waals surface area (Å²) in [5, 5.41) is 8.92. The minimum Gasteiger partial charge on any atom is -0.477 e. The van der Waals surface area contributed by atoms with E-state index in [9.17, 15) is 0 Å². The van der Waals surface area contributed by atoms with Gasteiger partial charge in [-0.05, 0) is 37.0 Å². The van der Waals surface area contributed by atoms with Gasteiger partial charge in [0.1, 0.15) is 5.52 Å². The zero-order chi connectivity index (χ0) is 17.1. The molecular weight excluding hydrogens is 316 g/mol. The fourth-order valence-electron chi connectivity index (χ4n) is 3.05. The average molecular weight is 334 g/mol. The second-order valence-corrected chi connectivity index (χ2v) is 6.20. The molecule has 0 saturated carbocycles. The fraction of sp³-hybridized carbons (Fsp3) is 0.316. The Morgan fingerprint density at radius 1 is 1.24 bits per heavy atom. The van der Waals surface area contributed by atoms with Crippen molar-refractivity contribution in [2.75, 3.05) is 24.6 Å². The smallest absolute Gasteiger partial charge is 0.298 e. The summed E-state index contributed by atoms with van der Waals surface area (Å²) < 4.78 is 11.6. The first kappa shape index (κ1) is 15.5. The van der Waals surface area contributed by atoms with Gasteiger partial charge in [0.15, 0.2) is 5.58 Å². The number of benzene rings is 1. The summed E-state index contributed by atoms with van der Waals surface area (Å²) in [6.07, 6.45) is 3.62. The lowest BCUT2D eigenvalue weighted by atomic mass is 9.98. The highest BCUT2D eigenvalue weighted by Crippen LogP contribution is 2.26. The molecule has 4 rings (SSSR count). The molecule has 1 fully saturated rings. The van der Waals surface area contributed by atoms with Crippen LogP contribution >= 0.6 is 0 Å². The van der Waals surface area contributed by atoms with E-state index < -0.39 is 0 Å². The van der Waals surface area contributed by atoms with E-state index in [1.807, 2.05) is 24.3 Å². The van der Waals surface area contributed by atoms with Gasteiger partial charge in [-0.15, -0.1) is 0 Å². The van der Waals surface area contributed by atoms with E-state index in [1.165, 1.54) is 0 Å². The molecule has 0 atom stereocenters. The molecule has 3 heterocycles. The van der Waals surface area contributed by atoms with E-state index in [4.69, 9.17) is 14.4 Å². The molecule has 25 heavy (non-hydrogen) atoms. The number of ether oxygens (including phenoxy) is 1. The lowest BCUT2D eigenvalue weighted by Crippen LogP contribution is -2.35. The molecule has 1 aliphatic rings. The largest absolute Gasteiger partial charge is 0.477 e. The first-order valence-electron chi connectivity index (χ1n) is 8.41. The fourth-order valence-corrected chi connectivity index (χ4v) is 3.05. The van der Waals surface area contributed by atoms with Crippen LogP contribution in [0.3, 0.4) is 0 Å². The Labute approximate surface area is 145 Å². The second-order valence-electron chi connectivity index (χ2n) is 6.20. The van der Waals surface area contributed by atoms with Crippen LogP contribution in [-0.2, 0) is 0 Å². The first-order valence-corrected chi connectivity index (χ1v) is 8.41. The molecule has 0 spiro atoms. The Morgan fingerprint density at radius 2 is 2.08 bits per heavy atom. The summed E-state index contributed by atoms with van der Waals surface area (Å²) in [7, 11) is 0. The summed E-state index contributed by atoms with van der Waals surface area (Å²) in [6.45, 7) is 2.41. The number of pyridine rings is 1. The third-order valence-electron chi connectivity index (χ3n) is 4.50. The molecule has 6 heteroatoms.